The Labute approximate surface area is 121 Å². The van der Waals surface area contributed by atoms with Crippen molar-refractivity contribution < 1.29 is 0 Å². The Morgan fingerprint density at radius 1 is 1.21 bits per heavy atom. The summed E-state index contributed by atoms with van der Waals surface area (Å²) < 4.78 is 3.61. The highest BCUT2D eigenvalue weighted by Crippen LogP contribution is 2.41. The van der Waals surface area contributed by atoms with Crippen molar-refractivity contribution in [3.63, 3.8) is 0 Å². The van der Waals surface area contributed by atoms with Crippen LogP contribution in [0.3, 0.4) is 0 Å². The van der Waals surface area contributed by atoms with E-state index in [1.165, 1.54) is 43.4 Å². The molecule has 1 aliphatic heterocycles. The van der Waals surface area contributed by atoms with E-state index in [1.54, 1.807) is 0 Å². The molecule has 100 valence electrons. The van der Waals surface area contributed by atoms with Crippen LogP contribution in [0.1, 0.15) is 50.0 Å². The van der Waals surface area contributed by atoms with Crippen molar-refractivity contribution in [3.8, 4) is 0 Å². The smallest absolute Gasteiger partial charge is 0.127 e. The standard InChI is InChI=1S/C15H18BrN3/c16-10-4-7-14-13(9-10)18-15(19(14)11-5-6-11)12-3-1-2-8-17-12/h4,7,9,11-12,17H,1-3,5-6,8H2. The van der Waals surface area contributed by atoms with Gasteiger partial charge in [-0.05, 0) is 50.4 Å². The fourth-order valence-corrected chi connectivity index (χ4v) is 3.47. The van der Waals surface area contributed by atoms with E-state index < -0.39 is 0 Å². The maximum absolute atomic E-state index is 4.93. The summed E-state index contributed by atoms with van der Waals surface area (Å²) in [5.41, 5.74) is 2.43. The highest BCUT2D eigenvalue weighted by atomic mass is 79.9. The minimum Gasteiger partial charge on any atom is -0.324 e. The lowest BCUT2D eigenvalue weighted by Gasteiger charge is -2.24. The van der Waals surface area contributed by atoms with Gasteiger partial charge in [0.05, 0.1) is 17.1 Å². The molecule has 0 amide bonds. The van der Waals surface area contributed by atoms with E-state index in [4.69, 9.17) is 4.98 Å². The quantitative estimate of drug-likeness (QED) is 0.908. The molecule has 3 nitrogen and oxygen atoms in total. The van der Waals surface area contributed by atoms with Gasteiger partial charge in [0.15, 0.2) is 0 Å². The first kappa shape index (κ1) is 11.9. The monoisotopic (exact) mass is 319 g/mol. The molecule has 2 heterocycles. The molecule has 0 bridgehead atoms. The van der Waals surface area contributed by atoms with Gasteiger partial charge in [0.1, 0.15) is 5.82 Å². The molecule has 2 aromatic rings. The van der Waals surface area contributed by atoms with Gasteiger partial charge in [-0.2, -0.15) is 0 Å². The minimum absolute atomic E-state index is 0.445. The van der Waals surface area contributed by atoms with Crippen molar-refractivity contribution in [1.82, 2.24) is 14.9 Å². The van der Waals surface area contributed by atoms with E-state index in [0.29, 0.717) is 12.1 Å². The SMILES string of the molecule is Brc1ccc2c(c1)nc(C1CCCCN1)n2C1CC1. The van der Waals surface area contributed by atoms with E-state index in [0.717, 1.165) is 16.5 Å². The van der Waals surface area contributed by atoms with Gasteiger partial charge in [-0.15, -0.1) is 0 Å². The molecular weight excluding hydrogens is 302 g/mol. The van der Waals surface area contributed by atoms with Crippen molar-refractivity contribution in [2.24, 2.45) is 0 Å². The van der Waals surface area contributed by atoms with E-state index >= 15 is 0 Å². The van der Waals surface area contributed by atoms with Crippen molar-refractivity contribution >= 4 is 27.0 Å². The molecule has 1 aliphatic carbocycles. The van der Waals surface area contributed by atoms with Crippen LogP contribution in [0.4, 0.5) is 0 Å². The lowest BCUT2D eigenvalue weighted by Crippen LogP contribution is -2.29. The summed E-state index contributed by atoms with van der Waals surface area (Å²) in [6.45, 7) is 1.13. The average molecular weight is 320 g/mol. The largest absolute Gasteiger partial charge is 0.324 e. The molecule has 4 heteroatoms. The number of benzene rings is 1. The van der Waals surface area contributed by atoms with Crippen molar-refractivity contribution in [1.29, 1.82) is 0 Å². The summed E-state index contributed by atoms with van der Waals surface area (Å²) in [7, 11) is 0. The Kier molecular flexibility index (Phi) is 2.88. The van der Waals surface area contributed by atoms with Gasteiger partial charge in [-0.1, -0.05) is 22.4 Å². The number of fused-ring (bicyclic) bond motifs is 1. The number of rotatable bonds is 2. The summed E-state index contributed by atoms with van der Waals surface area (Å²) >= 11 is 3.55. The number of imidazole rings is 1. The van der Waals surface area contributed by atoms with Crippen LogP contribution in [0, 0.1) is 0 Å². The van der Waals surface area contributed by atoms with Crippen LogP contribution in [0.15, 0.2) is 22.7 Å². The second-order valence-electron chi connectivity index (χ2n) is 5.71. The molecule has 4 rings (SSSR count). The van der Waals surface area contributed by atoms with Crippen LogP contribution in [0.25, 0.3) is 11.0 Å². The van der Waals surface area contributed by atoms with Gasteiger partial charge in [0.2, 0.25) is 0 Å². The Morgan fingerprint density at radius 3 is 2.84 bits per heavy atom. The Bertz CT molecular complexity index is 609. The predicted molar refractivity (Wildman–Crippen MR) is 80.3 cm³/mol. The van der Waals surface area contributed by atoms with Crippen molar-refractivity contribution in [2.75, 3.05) is 6.54 Å². The topological polar surface area (TPSA) is 29.9 Å². The molecule has 1 saturated heterocycles. The zero-order valence-electron chi connectivity index (χ0n) is 10.9. The fourth-order valence-electron chi connectivity index (χ4n) is 3.13. The lowest BCUT2D eigenvalue weighted by molar-refractivity contribution is 0.387. The molecule has 1 saturated carbocycles. The summed E-state index contributed by atoms with van der Waals surface area (Å²) in [5.74, 6) is 1.26. The molecule has 0 radical (unpaired) electrons. The van der Waals surface area contributed by atoms with Crippen molar-refractivity contribution in [2.45, 2.75) is 44.2 Å². The molecule has 1 unspecified atom stereocenters. The molecule has 1 aromatic heterocycles. The summed E-state index contributed by atoms with van der Waals surface area (Å²) in [5, 5.41) is 3.64. The summed E-state index contributed by atoms with van der Waals surface area (Å²) in [4.78, 5) is 4.93. The van der Waals surface area contributed by atoms with E-state index in [-0.39, 0.29) is 0 Å². The summed E-state index contributed by atoms with van der Waals surface area (Å²) in [6.07, 6.45) is 6.45. The first-order valence-corrected chi connectivity index (χ1v) is 8.03. The van der Waals surface area contributed by atoms with Gasteiger partial charge in [-0.25, -0.2) is 4.98 Å². The van der Waals surface area contributed by atoms with Crippen LogP contribution in [0.2, 0.25) is 0 Å². The third kappa shape index (κ3) is 2.11. The second kappa shape index (κ2) is 4.60. The van der Waals surface area contributed by atoms with E-state index in [2.05, 4.69) is 44.0 Å². The van der Waals surface area contributed by atoms with Gasteiger partial charge in [-0.3, -0.25) is 0 Å². The van der Waals surface area contributed by atoms with Crippen LogP contribution in [0.5, 0.6) is 0 Å². The molecule has 0 spiro atoms. The first-order valence-electron chi connectivity index (χ1n) is 7.24. The number of halogens is 1. The number of aromatic nitrogens is 2. The average Bonchev–Trinajstić information content (AvgIpc) is 3.20. The van der Waals surface area contributed by atoms with E-state index in [1.807, 2.05) is 0 Å². The second-order valence-corrected chi connectivity index (χ2v) is 6.62. The van der Waals surface area contributed by atoms with Gasteiger partial charge in [0.25, 0.3) is 0 Å². The Hall–Kier alpha value is -0.870. The fraction of sp³-hybridized carbons (Fsp3) is 0.533. The number of nitrogens with one attached hydrogen (secondary N) is 1. The molecular formula is C15H18BrN3. The number of piperidine rings is 1. The number of nitrogens with zero attached hydrogens (tertiary/aromatic N) is 2. The Morgan fingerprint density at radius 2 is 2.11 bits per heavy atom. The van der Waals surface area contributed by atoms with Gasteiger partial charge >= 0.3 is 0 Å². The number of hydrogen-bond acceptors (Lipinski definition) is 2. The molecule has 19 heavy (non-hydrogen) atoms. The molecule has 2 fully saturated rings. The van der Waals surface area contributed by atoms with E-state index in [9.17, 15) is 0 Å². The summed E-state index contributed by atoms with van der Waals surface area (Å²) in [6, 6.07) is 7.60. The Balaban J connectivity index is 1.85. The van der Waals surface area contributed by atoms with Crippen LogP contribution >= 0.6 is 15.9 Å². The van der Waals surface area contributed by atoms with Gasteiger partial charge < -0.3 is 9.88 Å². The third-order valence-corrected chi connectivity index (χ3v) is 4.71. The first-order chi connectivity index (χ1) is 9.33. The lowest BCUT2D eigenvalue weighted by atomic mass is 10.0. The molecule has 1 atom stereocenters. The normalized spacial score (nSPS) is 23.9. The zero-order chi connectivity index (χ0) is 12.8. The molecule has 2 aliphatic rings. The van der Waals surface area contributed by atoms with Crippen molar-refractivity contribution in [3.05, 3.63) is 28.5 Å². The molecule has 1 aromatic carbocycles. The maximum Gasteiger partial charge on any atom is 0.127 e. The van der Waals surface area contributed by atoms with Gasteiger partial charge in [0, 0.05) is 10.5 Å². The zero-order valence-corrected chi connectivity index (χ0v) is 12.5. The third-order valence-electron chi connectivity index (χ3n) is 4.21. The van der Waals surface area contributed by atoms with Crippen LogP contribution in [-0.2, 0) is 0 Å². The van der Waals surface area contributed by atoms with Crippen LogP contribution in [-0.4, -0.2) is 16.1 Å². The highest BCUT2D eigenvalue weighted by molar-refractivity contribution is 9.10. The molecule has 1 N–H and O–H groups in total. The number of hydrogen-bond donors (Lipinski definition) is 1. The maximum atomic E-state index is 4.93. The van der Waals surface area contributed by atoms with Crippen LogP contribution < -0.4 is 5.32 Å². The highest BCUT2D eigenvalue weighted by Gasteiger charge is 2.31. The minimum atomic E-state index is 0.445. The predicted octanol–water partition coefficient (Wildman–Crippen LogP) is 3.95.